The molecule has 1 aliphatic carbocycles. The van der Waals surface area contributed by atoms with E-state index in [0.717, 1.165) is 31.5 Å². The maximum Gasteiger partial charge on any atom is 0.0477 e. The highest BCUT2D eigenvalue weighted by Crippen LogP contribution is 2.57. The average Bonchev–Trinajstić information content (AvgIpc) is 3.10. The Morgan fingerprint density at radius 3 is 2.75 bits per heavy atom. The third-order valence-electron chi connectivity index (χ3n) is 5.15. The van der Waals surface area contributed by atoms with Gasteiger partial charge in [0.05, 0.1) is 0 Å². The zero-order valence-electron chi connectivity index (χ0n) is 14.9. The minimum absolute atomic E-state index is 0.0364. The molecule has 0 aromatic heterocycles. The van der Waals surface area contributed by atoms with Crippen LogP contribution in [0.25, 0.3) is 0 Å². The van der Waals surface area contributed by atoms with E-state index < -0.39 is 0 Å². The molecule has 24 heavy (non-hydrogen) atoms. The molecule has 1 aliphatic heterocycles. The van der Waals surface area contributed by atoms with E-state index in [-0.39, 0.29) is 5.41 Å². The first-order chi connectivity index (χ1) is 11.7. The van der Waals surface area contributed by atoms with E-state index in [4.69, 9.17) is 6.42 Å². The molecule has 1 N–H and O–H groups in total. The summed E-state index contributed by atoms with van der Waals surface area (Å²) < 4.78 is 0. The minimum atomic E-state index is -0.0364. The van der Waals surface area contributed by atoms with Crippen molar-refractivity contribution in [2.24, 2.45) is 0 Å². The number of hydrogen-bond acceptors (Lipinski definition) is 2. The third-order valence-corrected chi connectivity index (χ3v) is 5.15. The zero-order valence-corrected chi connectivity index (χ0v) is 14.9. The summed E-state index contributed by atoms with van der Waals surface area (Å²) in [7, 11) is 0. The Morgan fingerprint density at radius 2 is 2.08 bits per heavy atom. The lowest BCUT2D eigenvalue weighted by Gasteiger charge is -2.30. The van der Waals surface area contributed by atoms with Crippen molar-refractivity contribution in [3.8, 4) is 12.3 Å². The van der Waals surface area contributed by atoms with Gasteiger partial charge in [-0.3, -0.25) is 0 Å². The number of allylic oxidation sites excluding steroid dienone is 5. The van der Waals surface area contributed by atoms with Gasteiger partial charge in [-0.05, 0) is 50.8 Å². The Morgan fingerprint density at radius 1 is 1.29 bits per heavy atom. The van der Waals surface area contributed by atoms with Crippen LogP contribution in [0.4, 0.5) is 5.69 Å². The Labute approximate surface area is 145 Å². The highest BCUT2D eigenvalue weighted by molar-refractivity contribution is 5.73. The number of para-hydroxylation sites is 1. The van der Waals surface area contributed by atoms with Crippen LogP contribution in [0.5, 0.6) is 0 Å². The van der Waals surface area contributed by atoms with Crippen LogP contribution in [0.2, 0.25) is 0 Å². The number of nitrogens with one attached hydrogen (secondary N) is 1. The molecule has 0 bridgehead atoms. The normalized spacial score (nSPS) is 24.2. The van der Waals surface area contributed by atoms with Crippen LogP contribution in [-0.4, -0.2) is 13.1 Å². The van der Waals surface area contributed by atoms with E-state index in [9.17, 15) is 0 Å². The summed E-state index contributed by atoms with van der Waals surface area (Å²) in [6, 6.07) is 8.78. The van der Waals surface area contributed by atoms with Crippen LogP contribution >= 0.6 is 0 Å². The predicted octanol–water partition coefficient (Wildman–Crippen LogP) is 4.51. The van der Waals surface area contributed by atoms with E-state index in [1.807, 2.05) is 0 Å². The molecule has 0 fully saturated rings. The van der Waals surface area contributed by atoms with Gasteiger partial charge in [-0.1, -0.05) is 36.3 Å². The van der Waals surface area contributed by atoms with Crippen molar-refractivity contribution in [1.29, 1.82) is 0 Å². The maximum absolute atomic E-state index is 5.85. The first kappa shape index (κ1) is 16.5. The summed E-state index contributed by atoms with van der Waals surface area (Å²) in [6.45, 7) is 8.29. The smallest absolute Gasteiger partial charge is 0.0477 e. The molecular weight excluding hydrogens is 292 g/mol. The van der Waals surface area contributed by atoms with Crippen molar-refractivity contribution < 1.29 is 0 Å². The number of hydrogen-bond donors (Lipinski definition) is 1. The fourth-order valence-corrected chi connectivity index (χ4v) is 4.18. The highest BCUT2D eigenvalue weighted by atomic mass is 15.2. The molecule has 1 atom stereocenters. The van der Waals surface area contributed by atoms with E-state index in [1.165, 1.54) is 22.5 Å². The van der Waals surface area contributed by atoms with Crippen LogP contribution in [0.3, 0.4) is 0 Å². The van der Waals surface area contributed by atoms with Gasteiger partial charge >= 0.3 is 0 Å². The lowest BCUT2D eigenvalue weighted by molar-refractivity contribution is 0.540. The van der Waals surface area contributed by atoms with Crippen LogP contribution in [0, 0.1) is 12.3 Å². The van der Waals surface area contributed by atoms with Gasteiger partial charge in [-0.25, -0.2) is 0 Å². The van der Waals surface area contributed by atoms with E-state index in [2.05, 4.69) is 79.5 Å². The van der Waals surface area contributed by atoms with E-state index in [0.29, 0.717) is 0 Å². The monoisotopic (exact) mass is 318 g/mol. The summed E-state index contributed by atoms with van der Waals surface area (Å²) in [4.78, 5) is 2.44. The quantitative estimate of drug-likeness (QED) is 0.821. The van der Waals surface area contributed by atoms with Gasteiger partial charge in [0.1, 0.15) is 0 Å². The molecule has 1 spiro atoms. The Balaban J connectivity index is 2.16. The van der Waals surface area contributed by atoms with Crippen molar-refractivity contribution in [3.63, 3.8) is 0 Å². The summed E-state index contributed by atoms with van der Waals surface area (Å²) in [5, 5.41) is 3.43. The van der Waals surface area contributed by atoms with Crippen molar-refractivity contribution >= 4 is 5.69 Å². The van der Waals surface area contributed by atoms with Gasteiger partial charge in [0.15, 0.2) is 0 Å². The lowest BCUT2D eigenvalue weighted by Crippen LogP contribution is -2.31. The minimum Gasteiger partial charge on any atom is -0.390 e. The van der Waals surface area contributed by atoms with Crippen molar-refractivity contribution in [2.75, 3.05) is 18.0 Å². The highest BCUT2D eigenvalue weighted by Gasteiger charge is 2.50. The first-order valence-electron chi connectivity index (χ1n) is 8.84. The molecule has 0 saturated carbocycles. The molecule has 1 aromatic carbocycles. The van der Waals surface area contributed by atoms with E-state index in [1.54, 1.807) is 0 Å². The summed E-state index contributed by atoms with van der Waals surface area (Å²) in [6.07, 6.45) is 14.2. The summed E-state index contributed by atoms with van der Waals surface area (Å²) in [5.41, 5.74) is 6.48. The Kier molecular flexibility index (Phi) is 4.53. The second-order valence-electron chi connectivity index (χ2n) is 6.43. The van der Waals surface area contributed by atoms with Crippen molar-refractivity contribution in [2.45, 2.75) is 39.0 Å². The molecule has 0 amide bonds. The van der Waals surface area contributed by atoms with Crippen LogP contribution in [0.1, 0.15) is 39.2 Å². The molecule has 1 aromatic rings. The third kappa shape index (κ3) is 2.36. The number of rotatable bonds is 4. The van der Waals surface area contributed by atoms with E-state index >= 15 is 0 Å². The number of nitrogens with zero attached hydrogens (tertiary/aromatic N) is 1. The topological polar surface area (TPSA) is 15.3 Å². The number of likely N-dealkylation sites (N-methyl/N-ethyl adjacent to an activating group) is 1. The largest absolute Gasteiger partial charge is 0.390 e. The zero-order chi connectivity index (χ0) is 17.2. The molecule has 1 heterocycles. The Hall–Kier alpha value is -2.40. The van der Waals surface area contributed by atoms with Gasteiger partial charge in [-0.2, -0.15) is 0 Å². The van der Waals surface area contributed by atoms with Crippen LogP contribution in [0.15, 0.2) is 59.5 Å². The number of terminal acetylenes is 1. The van der Waals surface area contributed by atoms with Gasteiger partial charge in [-0.15, -0.1) is 6.42 Å². The van der Waals surface area contributed by atoms with Gasteiger partial charge < -0.3 is 10.2 Å². The summed E-state index contributed by atoms with van der Waals surface area (Å²) in [5.74, 6) is 2.95. The van der Waals surface area contributed by atoms with Crippen molar-refractivity contribution in [1.82, 2.24) is 5.32 Å². The standard InChI is InChI=1S/C22H26N2/c1-5-11-18-15-22(14-17(18)6-2)19-12-9-10-13-20(19)24(8-4)21(22)16-23-7-3/h2,5,9-13,16,23H,7-8,14-15H2,1,3-4H3/b11-5-,21-16-. The summed E-state index contributed by atoms with van der Waals surface area (Å²) >= 11 is 0. The number of fused-ring (bicyclic) bond motifs is 2. The van der Waals surface area contributed by atoms with Crippen LogP contribution < -0.4 is 10.2 Å². The van der Waals surface area contributed by atoms with Crippen LogP contribution in [-0.2, 0) is 5.41 Å². The number of anilines is 1. The molecule has 124 valence electrons. The lowest BCUT2D eigenvalue weighted by atomic mass is 9.76. The van der Waals surface area contributed by atoms with Gasteiger partial charge in [0.25, 0.3) is 0 Å². The van der Waals surface area contributed by atoms with Gasteiger partial charge in [0, 0.05) is 41.7 Å². The molecule has 3 rings (SSSR count). The first-order valence-corrected chi connectivity index (χ1v) is 8.84. The van der Waals surface area contributed by atoms with Gasteiger partial charge in [0.2, 0.25) is 0 Å². The molecule has 2 nitrogen and oxygen atoms in total. The fourth-order valence-electron chi connectivity index (χ4n) is 4.18. The molecule has 2 aliphatic rings. The molecular formula is C22H26N2. The second kappa shape index (κ2) is 6.61. The second-order valence-corrected chi connectivity index (χ2v) is 6.43. The van der Waals surface area contributed by atoms with Crippen molar-refractivity contribution in [3.05, 3.63) is 65.0 Å². The molecule has 0 saturated heterocycles. The Bertz CT molecular complexity index is 760. The molecule has 2 heteroatoms. The number of benzene rings is 1. The molecule has 0 radical (unpaired) electrons. The average molecular weight is 318 g/mol. The SMILES string of the molecule is C#CC1=C(/C=C\C)CC2(C1)/C(=C/NCC)N(CC)c1ccccc12. The predicted molar refractivity (Wildman–Crippen MR) is 103 cm³/mol. The molecule has 1 unspecified atom stereocenters. The maximum atomic E-state index is 5.85. The fraction of sp³-hybridized carbons (Fsp3) is 0.364.